The average Bonchev–Trinajstić information content (AvgIpc) is 3.05. The number of aromatic nitrogens is 4. The highest BCUT2D eigenvalue weighted by atomic mass is 16.5. The second-order valence-electron chi connectivity index (χ2n) is 6.94. The molecule has 1 amide bonds. The third-order valence-corrected chi connectivity index (χ3v) is 5.14. The van der Waals surface area contributed by atoms with Crippen LogP contribution in [0.25, 0.3) is 11.2 Å². The van der Waals surface area contributed by atoms with Crippen LogP contribution in [0.5, 0.6) is 5.75 Å². The highest BCUT2D eigenvalue weighted by Crippen LogP contribution is 2.30. The lowest BCUT2D eigenvalue weighted by Gasteiger charge is -2.32. The topological polar surface area (TPSA) is 73.1 Å². The molecule has 4 rings (SSSR count). The Kier molecular flexibility index (Phi) is 4.75. The molecule has 1 aromatic carbocycles. The van der Waals surface area contributed by atoms with Crippen LogP contribution in [0.1, 0.15) is 30.0 Å². The summed E-state index contributed by atoms with van der Waals surface area (Å²) >= 11 is 0. The maximum atomic E-state index is 12.8. The van der Waals surface area contributed by atoms with Crippen molar-refractivity contribution in [3.8, 4) is 5.75 Å². The van der Waals surface area contributed by atoms with Crippen molar-refractivity contribution in [2.45, 2.75) is 25.2 Å². The first-order valence-electron chi connectivity index (χ1n) is 9.20. The predicted molar refractivity (Wildman–Crippen MR) is 102 cm³/mol. The van der Waals surface area contributed by atoms with Crippen molar-refractivity contribution in [2.75, 3.05) is 20.2 Å². The summed E-state index contributed by atoms with van der Waals surface area (Å²) in [5, 5.41) is 4.65. The number of hydrogen-bond acceptors (Lipinski definition) is 5. The van der Waals surface area contributed by atoms with Crippen molar-refractivity contribution < 1.29 is 9.53 Å². The number of rotatable bonds is 4. The number of carbonyl (C=O) groups is 1. The Bertz CT molecular complexity index is 968. The number of carbonyl (C=O) groups excluding carboxylic acids is 1. The van der Waals surface area contributed by atoms with Gasteiger partial charge in [0.1, 0.15) is 11.3 Å². The zero-order valence-corrected chi connectivity index (χ0v) is 15.6. The van der Waals surface area contributed by atoms with Gasteiger partial charge in [-0.15, -0.1) is 0 Å². The average molecular weight is 365 g/mol. The Hall–Kier alpha value is -2.96. The first-order valence-corrected chi connectivity index (χ1v) is 9.20. The van der Waals surface area contributed by atoms with Gasteiger partial charge in [-0.25, -0.2) is 14.6 Å². The minimum Gasteiger partial charge on any atom is -0.497 e. The van der Waals surface area contributed by atoms with Crippen LogP contribution >= 0.6 is 0 Å². The Morgan fingerprint density at radius 2 is 2.15 bits per heavy atom. The maximum Gasteiger partial charge on any atom is 0.227 e. The van der Waals surface area contributed by atoms with Gasteiger partial charge in [0.05, 0.1) is 19.2 Å². The summed E-state index contributed by atoms with van der Waals surface area (Å²) in [5.41, 5.74) is 3.54. The van der Waals surface area contributed by atoms with Gasteiger partial charge in [0, 0.05) is 38.4 Å². The van der Waals surface area contributed by atoms with Crippen LogP contribution in [-0.4, -0.2) is 50.8 Å². The summed E-state index contributed by atoms with van der Waals surface area (Å²) in [6.45, 7) is 1.46. The lowest BCUT2D eigenvalue weighted by molar-refractivity contribution is -0.131. The molecule has 1 atom stereocenters. The lowest BCUT2D eigenvalue weighted by atomic mass is 9.94. The minimum absolute atomic E-state index is 0.138. The van der Waals surface area contributed by atoms with Crippen LogP contribution < -0.4 is 4.74 Å². The van der Waals surface area contributed by atoms with E-state index in [1.807, 2.05) is 36.2 Å². The van der Waals surface area contributed by atoms with E-state index < -0.39 is 0 Å². The largest absolute Gasteiger partial charge is 0.497 e. The predicted octanol–water partition coefficient (Wildman–Crippen LogP) is 2.32. The van der Waals surface area contributed by atoms with E-state index in [1.54, 1.807) is 24.2 Å². The molecule has 1 aliphatic heterocycles. The van der Waals surface area contributed by atoms with E-state index in [4.69, 9.17) is 4.74 Å². The molecule has 0 radical (unpaired) electrons. The van der Waals surface area contributed by atoms with E-state index >= 15 is 0 Å². The SMILES string of the molecule is COc1cccc(CC(=O)N2CCCC(c3nn(C)c4nccnc34)C2)c1. The monoisotopic (exact) mass is 365 g/mol. The number of amides is 1. The number of aryl methyl sites for hydroxylation is 1. The molecule has 3 heterocycles. The van der Waals surface area contributed by atoms with Crippen LogP contribution in [-0.2, 0) is 18.3 Å². The molecule has 2 aromatic heterocycles. The van der Waals surface area contributed by atoms with Crippen LogP contribution in [0.4, 0.5) is 0 Å². The lowest BCUT2D eigenvalue weighted by Crippen LogP contribution is -2.40. The number of hydrogen-bond donors (Lipinski definition) is 0. The Balaban J connectivity index is 1.51. The van der Waals surface area contributed by atoms with Crippen LogP contribution in [0.15, 0.2) is 36.7 Å². The molecule has 0 bridgehead atoms. The second-order valence-corrected chi connectivity index (χ2v) is 6.94. The number of fused-ring (bicyclic) bond motifs is 1. The first-order chi connectivity index (χ1) is 13.2. The van der Waals surface area contributed by atoms with Crippen molar-refractivity contribution in [1.82, 2.24) is 24.6 Å². The van der Waals surface area contributed by atoms with Crippen molar-refractivity contribution in [3.05, 3.63) is 47.9 Å². The van der Waals surface area contributed by atoms with Crippen LogP contribution in [0.3, 0.4) is 0 Å². The van der Waals surface area contributed by atoms with Gasteiger partial charge < -0.3 is 9.64 Å². The van der Waals surface area contributed by atoms with Gasteiger partial charge in [-0.3, -0.25) is 4.79 Å². The van der Waals surface area contributed by atoms with E-state index in [2.05, 4.69) is 15.1 Å². The van der Waals surface area contributed by atoms with E-state index in [0.717, 1.165) is 47.6 Å². The third kappa shape index (κ3) is 3.49. The van der Waals surface area contributed by atoms with Gasteiger partial charge in [0.15, 0.2) is 5.65 Å². The Morgan fingerprint density at radius 1 is 1.30 bits per heavy atom. The van der Waals surface area contributed by atoms with Crippen LogP contribution in [0, 0.1) is 0 Å². The standard InChI is InChI=1S/C20H23N5O2/c1-24-20-19(21-8-9-22-20)18(23-24)15-6-4-10-25(13-15)17(26)12-14-5-3-7-16(11-14)27-2/h3,5,7-9,11,15H,4,6,10,12-13H2,1-2H3. The molecular weight excluding hydrogens is 342 g/mol. The molecule has 1 fully saturated rings. The Labute approximate surface area is 158 Å². The molecule has 0 aliphatic carbocycles. The maximum absolute atomic E-state index is 12.8. The second kappa shape index (κ2) is 7.34. The summed E-state index contributed by atoms with van der Waals surface area (Å²) in [5.74, 6) is 1.10. The summed E-state index contributed by atoms with van der Waals surface area (Å²) in [7, 11) is 3.52. The fraction of sp³-hybridized carbons (Fsp3) is 0.400. The number of methoxy groups -OCH3 is 1. The smallest absolute Gasteiger partial charge is 0.227 e. The minimum atomic E-state index is 0.138. The third-order valence-electron chi connectivity index (χ3n) is 5.14. The van der Waals surface area contributed by atoms with Gasteiger partial charge in [0.25, 0.3) is 0 Å². The van der Waals surface area contributed by atoms with Crippen LogP contribution in [0.2, 0.25) is 0 Å². The zero-order chi connectivity index (χ0) is 18.8. The quantitative estimate of drug-likeness (QED) is 0.709. The van der Waals surface area contributed by atoms with E-state index in [0.29, 0.717) is 13.0 Å². The number of benzene rings is 1. The molecule has 140 valence electrons. The molecule has 0 saturated carbocycles. The molecule has 27 heavy (non-hydrogen) atoms. The fourth-order valence-electron chi connectivity index (χ4n) is 3.78. The first kappa shape index (κ1) is 17.5. The summed E-state index contributed by atoms with van der Waals surface area (Å²) in [4.78, 5) is 23.6. The van der Waals surface area contributed by atoms with Gasteiger partial charge in [0.2, 0.25) is 5.91 Å². The molecule has 7 nitrogen and oxygen atoms in total. The van der Waals surface area contributed by atoms with E-state index in [-0.39, 0.29) is 11.8 Å². The number of nitrogens with zero attached hydrogens (tertiary/aromatic N) is 5. The molecule has 0 spiro atoms. The molecule has 3 aromatic rings. The molecule has 1 unspecified atom stereocenters. The van der Waals surface area contributed by atoms with Crippen molar-refractivity contribution in [1.29, 1.82) is 0 Å². The van der Waals surface area contributed by atoms with Crippen molar-refractivity contribution in [2.24, 2.45) is 7.05 Å². The van der Waals surface area contributed by atoms with E-state index in [9.17, 15) is 4.79 Å². The molecular formula is C20H23N5O2. The van der Waals surface area contributed by atoms with Crippen molar-refractivity contribution in [3.63, 3.8) is 0 Å². The molecule has 1 aliphatic rings. The fourth-order valence-corrected chi connectivity index (χ4v) is 3.78. The Morgan fingerprint density at radius 3 is 3.00 bits per heavy atom. The van der Waals surface area contributed by atoms with Gasteiger partial charge in [-0.1, -0.05) is 12.1 Å². The summed E-state index contributed by atoms with van der Waals surface area (Å²) in [6, 6.07) is 7.68. The number of piperidine rings is 1. The van der Waals surface area contributed by atoms with E-state index in [1.165, 1.54) is 0 Å². The highest BCUT2D eigenvalue weighted by Gasteiger charge is 2.28. The molecule has 0 N–H and O–H groups in total. The molecule has 7 heteroatoms. The van der Waals surface area contributed by atoms with Gasteiger partial charge in [-0.2, -0.15) is 5.10 Å². The van der Waals surface area contributed by atoms with Crippen molar-refractivity contribution >= 4 is 17.1 Å². The van der Waals surface area contributed by atoms with Gasteiger partial charge in [-0.05, 0) is 30.5 Å². The number of likely N-dealkylation sites (tertiary alicyclic amines) is 1. The molecule has 1 saturated heterocycles. The zero-order valence-electron chi connectivity index (χ0n) is 15.6. The number of ether oxygens (including phenoxy) is 1. The highest BCUT2D eigenvalue weighted by molar-refractivity contribution is 5.79. The van der Waals surface area contributed by atoms with Gasteiger partial charge >= 0.3 is 0 Å². The summed E-state index contributed by atoms with van der Waals surface area (Å²) in [6.07, 6.45) is 5.73. The summed E-state index contributed by atoms with van der Waals surface area (Å²) < 4.78 is 7.02. The normalized spacial score (nSPS) is 17.3.